The van der Waals surface area contributed by atoms with E-state index in [1.165, 1.54) is 11.1 Å². The summed E-state index contributed by atoms with van der Waals surface area (Å²) in [6.45, 7) is 0.761. The highest BCUT2D eigenvalue weighted by Crippen LogP contribution is 2.38. The van der Waals surface area contributed by atoms with Gasteiger partial charge in [0.15, 0.2) is 0 Å². The van der Waals surface area contributed by atoms with E-state index in [2.05, 4.69) is 23.3 Å². The van der Waals surface area contributed by atoms with Gasteiger partial charge in [0, 0.05) is 13.0 Å². The Hall–Kier alpha value is -2.59. The molecule has 3 heterocycles. The van der Waals surface area contributed by atoms with E-state index in [9.17, 15) is 4.79 Å². The summed E-state index contributed by atoms with van der Waals surface area (Å²) < 4.78 is 1.82. The van der Waals surface area contributed by atoms with Crippen molar-refractivity contribution in [2.24, 2.45) is 0 Å². The molecule has 25 heavy (non-hydrogen) atoms. The summed E-state index contributed by atoms with van der Waals surface area (Å²) in [4.78, 5) is 15.0. The van der Waals surface area contributed by atoms with E-state index in [-0.39, 0.29) is 11.9 Å². The van der Waals surface area contributed by atoms with Crippen molar-refractivity contribution in [2.45, 2.75) is 18.9 Å². The second kappa shape index (κ2) is 5.46. The standard InChI is InChI=1S/C20H16ClN3O/c21-16-7-3-4-8-17(16)24-19-11-18-14-6-2-1-5-13(14)9-10-23(18)20(25)15(19)12-22-24/h1-8,12,18H,9-11H2. The molecule has 124 valence electrons. The van der Waals surface area contributed by atoms with E-state index >= 15 is 0 Å². The van der Waals surface area contributed by atoms with Crippen molar-refractivity contribution >= 4 is 17.5 Å². The quantitative estimate of drug-likeness (QED) is 0.669. The molecule has 1 aromatic heterocycles. The van der Waals surface area contributed by atoms with E-state index in [0.717, 1.165) is 30.8 Å². The molecule has 0 bridgehead atoms. The summed E-state index contributed by atoms with van der Waals surface area (Å²) in [6.07, 6.45) is 3.34. The van der Waals surface area contributed by atoms with Crippen molar-refractivity contribution in [1.29, 1.82) is 0 Å². The minimum absolute atomic E-state index is 0.0686. The number of aromatic nitrogens is 2. The first-order valence-corrected chi connectivity index (χ1v) is 8.82. The summed E-state index contributed by atoms with van der Waals surface area (Å²) in [7, 11) is 0. The van der Waals surface area contributed by atoms with Gasteiger partial charge in [0.2, 0.25) is 0 Å². The van der Waals surface area contributed by atoms with Gasteiger partial charge in [-0.15, -0.1) is 0 Å². The molecule has 5 heteroatoms. The molecular weight excluding hydrogens is 334 g/mol. The van der Waals surface area contributed by atoms with Crippen molar-refractivity contribution in [3.63, 3.8) is 0 Å². The van der Waals surface area contributed by atoms with Crippen LogP contribution in [0, 0.1) is 0 Å². The van der Waals surface area contributed by atoms with Crippen molar-refractivity contribution < 1.29 is 4.79 Å². The van der Waals surface area contributed by atoms with Gasteiger partial charge in [-0.25, -0.2) is 4.68 Å². The smallest absolute Gasteiger partial charge is 0.257 e. The number of nitrogens with zero attached hydrogens (tertiary/aromatic N) is 3. The molecule has 0 fully saturated rings. The van der Waals surface area contributed by atoms with E-state index in [4.69, 9.17) is 11.6 Å². The Morgan fingerprint density at radius 2 is 1.88 bits per heavy atom. The van der Waals surface area contributed by atoms with Crippen LogP contribution >= 0.6 is 11.6 Å². The maximum atomic E-state index is 13.0. The van der Waals surface area contributed by atoms with E-state index in [1.54, 1.807) is 6.20 Å². The summed E-state index contributed by atoms with van der Waals surface area (Å²) in [5, 5.41) is 5.11. The molecule has 0 saturated heterocycles. The first kappa shape index (κ1) is 14.7. The van der Waals surface area contributed by atoms with Gasteiger partial charge in [0.25, 0.3) is 5.91 Å². The third-order valence-corrected chi connectivity index (χ3v) is 5.56. The second-order valence-electron chi connectivity index (χ2n) is 6.54. The lowest BCUT2D eigenvalue weighted by Gasteiger charge is -2.40. The van der Waals surface area contributed by atoms with Gasteiger partial charge in [-0.3, -0.25) is 4.79 Å². The average molecular weight is 350 g/mol. The Balaban J connectivity index is 1.65. The van der Waals surface area contributed by atoms with Crippen LogP contribution in [-0.2, 0) is 12.8 Å². The van der Waals surface area contributed by atoms with Gasteiger partial charge in [-0.1, -0.05) is 48.0 Å². The largest absolute Gasteiger partial charge is 0.331 e. The van der Waals surface area contributed by atoms with Crippen LogP contribution in [0.2, 0.25) is 5.02 Å². The molecule has 0 radical (unpaired) electrons. The molecule has 0 saturated carbocycles. The number of carbonyl (C=O) groups excluding carboxylic acids is 1. The lowest BCUT2D eigenvalue weighted by Crippen LogP contribution is -2.44. The van der Waals surface area contributed by atoms with Gasteiger partial charge >= 0.3 is 0 Å². The van der Waals surface area contributed by atoms with Crippen LogP contribution in [0.4, 0.5) is 0 Å². The number of amides is 1. The van der Waals surface area contributed by atoms with E-state index in [1.807, 2.05) is 39.9 Å². The minimum atomic E-state index is 0.0686. The van der Waals surface area contributed by atoms with Crippen LogP contribution in [0.5, 0.6) is 0 Å². The highest BCUT2D eigenvalue weighted by molar-refractivity contribution is 6.32. The van der Waals surface area contributed by atoms with Gasteiger partial charge in [0.05, 0.1) is 34.2 Å². The molecule has 3 aromatic rings. The maximum absolute atomic E-state index is 13.0. The molecule has 5 rings (SSSR count). The fraction of sp³-hybridized carbons (Fsp3) is 0.200. The second-order valence-corrected chi connectivity index (χ2v) is 6.94. The first-order chi connectivity index (χ1) is 12.2. The number of hydrogen-bond donors (Lipinski definition) is 0. The minimum Gasteiger partial charge on any atom is -0.331 e. The SMILES string of the molecule is O=C1c2cnn(-c3ccccc3Cl)c2CC2c3ccccc3CCN12. The molecule has 1 amide bonds. The van der Waals surface area contributed by atoms with Crippen LogP contribution in [-0.4, -0.2) is 27.1 Å². The van der Waals surface area contributed by atoms with Gasteiger partial charge < -0.3 is 4.90 Å². The predicted octanol–water partition coefficient (Wildman–Crippen LogP) is 3.82. The summed E-state index contributed by atoms with van der Waals surface area (Å²) in [5.41, 5.74) is 5.03. The molecular formula is C20H16ClN3O. The molecule has 1 atom stereocenters. The van der Waals surface area contributed by atoms with Crippen molar-refractivity contribution in [3.8, 4) is 5.69 Å². The molecule has 2 aromatic carbocycles. The highest BCUT2D eigenvalue weighted by atomic mass is 35.5. The average Bonchev–Trinajstić information content (AvgIpc) is 3.06. The van der Waals surface area contributed by atoms with Crippen molar-refractivity contribution in [3.05, 3.63) is 82.1 Å². The normalized spacial score (nSPS) is 18.5. The third-order valence-electron chi connectivity index (χ3n) is 5.24. The monoisotopic (exact) mass is 349 g/mol. The molecule has 2 aliphatic heterocycles. The van der Waals surface area contributed by atoms with Crippen LogP contribution in [0.1, 0.15) is 33.2 Å². The zero-order valence-electron chi connectivity index (χ0n) is 13.5. The highest BCUT2D eigenvalue weighted by Gasteiger charge is 2.38. The summed E-state index contributed by atoms with van der Waals surface area (Å²) in [5.74, 6) is 0.0686. The molecule has 0 aliphatic carbocycles. The number of fused-ring (bicyclic) bond motifs is 4. The van der Waals surface area contributed by atoms with Crippen LogP contribution in [0.15, 0.2) is 54.7 Å². The summed E-state index contributed by atoms with van der Waals surface area (Å²) >= 11 is 6.36. The van der Waals surface area contributed by atoms with Crippen LogP contribution in [0.25, 0.3) is 5.69 Å². The molecule has 0 spiro atoms. The fourth-order valence-electron chi connectivity index (χ4n) is 4.03. The number of halogens is 1. The maximum Gasteiger partial charge on any atom is 0.257 e. The van der Waals surface area contributed by atoms with Crippen molar-refractivity contribution in [2.75, 3.05) is 6.54 Å². The fourth-order valence-corrected chi connectivity index (χ4v) is 4.25. The molecule has 4 nitrogen and oxygen atoms in total. The number of rotatable bonds is 1. The topological polar surface area (TPSA) is 38.1 Å². The van der Waals surface area contributed by atoms with E-state index in [0.29, 0.717) is 10.6 Å². The Kier molecular flexibility index (Phi) is 3.22. The van der Waals surface area contributed by atoms with Gasteiger partial charge in [0.1, 0.15) is 0 Å². The molecule has 0 N–H and O–H groups in total. The van der Waals surface area contributed by atoms with Crippen LogP contribution < -0.4 is 0 Å². The predicted molar refractivity (Wildman–Crippen MR) is 96.2 cm³/mol. The lowest BCUT2D eigenvalue weighted by atomic mass is 9.86. The zero-order chi connectivity index (χ0) is 17.0. The Labute approximate surface area is 150 Å². The Morgan fingerprint density at radius 1 is 1.08 bits per heavy atom. The van der Waals surface area contributed by atoms with Gasteiger partial charge in [-0.2, -0.15) is 5.10 Å². The first-order valence-electron chi connectivity index (χ1n) is 8.44. The number of hydrogen-bond acceptors (Lipinski definition) is 2. The number of para-hydroxylation sites is 1. The molecule has 2 aliphatic rings. The zero-order valence-corrected chi connectivity index (χ0v) is 14.3. The summed E-state index contributed by atoms with van der Waals surface area (Å²) in [6, 6.07) is 16.1. The number of benzene rings is 2. The Bertz CT molecular complexity index is 994. The number of carbonyl (C=O) groups is 1. The third kappa shape index (κ3) is 2.14. The van der Waals surface area contributed by atoms with E-state index < -0.39 is 0 Å². The molecule has 1 unspecified atom stereocenters. The van der Waals surface area contributed by atoms with Gasteiger partial charge in [-0.05, 0) is 29.7 Å². The van der Waals surface area contributed by atoms with Crippen LogP contribution in [0.3, 0.4) is 0 Å². The Morgan fingerprint density at radius 3 is 2.76 bits per heavy atom. The lowest BCUT2D eigenvalue weighted by molar-refractivity contribution is 0.0629. The van der Waals surface area contributed by atoms with Crippen molar-refractivity contribution in [1.82, 2.24) is 14.7 Å².